The molecule has 0 amide bonds. The zero-order valence-corrected chi connectivity index (χ0v) is 18.7. The third-order valence-electron chi connectivity index (χ3n) is 4.85. The number of ether oxygens (including phenoxy) is 2. The molecule has 0 unspecified atom stereocenters. The van der Waals surface area contributed by atoms with E-state index in [1.54, 1.807) is 12.1 Å². The molecule has 0 bridgehead atoms. The Hall–Kier alpha value is -3.67. The number of unbranched alkanes of at least 4 members (excludes halogenated alkanes) is 1. The quantitative estimate of drug-likeness (QED) is 0.328. The number of rotatable bonds is 8. The summed E-state index contributed by atoms with van der Waals surface area (Å²) in [6, 6.07) is 9.35. The summed E-state index contributed by atoms with van der Waals surface area (Å²) >= 11 is 0. The highest BCUT2D eigenvalue weighted by Crippen LogP contribution is 2.34. The van der Waals surface area contributed by atoms with Gasteiger partial charge in [0.25, 0.3) is 0 Å². The molecule has 0 atom stereocenters. The average Bonchev–Trinajstić information content (AvgIpc) is 3.32. The predicted octanol–water partition coefficient (Wildman–Crippen LogP) is 4.73. The lowest BCUT2D eigenvalue weighted by Gasteiger charge is -2.15. The molecule has 0 aliphatic carbocycles. The molecule has 2 heterocycles. The molecule has 0 saturated carbocycles. The standard InChI is InChI=1S/C22H19F3N4O4S/c1-2-3-10-32-15-4-7-17(8-5-15)34(30,31)20-12-27-19-9-6-16(33-22(23,24)25)11-18(19)21(20)29-14-26-13-28-29/h4-9,11-14H,2-3,10H2,1H3. The fourth-order valence-electron chi connectivity index (χ4n) is 3.27. The molecule has 0 N–H and O–H groups in total. The number of sulfone groups is 1. The van der Waals surface area contributed by atoms with Crippen LogP contribution in [0.1, 0.15) is 19.8 Å². The maximum Gasteiger partial charge on any atom is 0.573 e. The van der Waals surface area contributed by atoms with Crippen LogP contribution < -0.4 is 9.47 Å². The number of pyridine rings is 1. The lowest BCUT2D eigenvalue weighted by Crippen LogP contribution is -2.17. The first kappa shape index (κ1) is 23.5. The zero-order valence-electron chi connectivity index (χ0n) is 17.9. The number of aromatic nitrogens is 4. The normalized spacial score (nSPS) is 12.1. The lowest BCUT2D eigenvalue weighted by atomic mass is 10.2. The highest BCUT2D eigenvalue weighted by Gasteiger charge is 2.32. The van der Waals surface area contributed by atoms with Gasteiger partial charge in [-0.05, 0) is 48.9 Å². The lowest BCUT2D eigenvalue weighted by molar-refractivity contribution is -0.274. The minimum absolute atomic E-state index is 0.00148. The topological polar surface area (TPSA) is 96.2 Å². The van der Waals surface area contributed by atoms with Crippen LogP contribution in [0.15, 0.2) is 71.1 Å². The van der Waals surface area contributed by atoms with Crippen molar-refractivity contribution in [2.75, 3.05) is 6.61 Å². The Labute approximate surface area is 192 Å². The molecule has 34 heavy (non-hydrogen) atoms. The number of halogens is 3. The molecule has 2 aromatic heterocycles. The minimum Gasteiger partial charge on any atom is -0.494 e. The first-order valence-electron chi connectivity index (χ1n) is 10.2. The molecule has 0 saturated heterocycles. The maximum atomic E-state index is 13.5. The number of nitrogens with zero attached hydrogens (tertiary/aromatic N) is 4. The van der Waals surface area contributed by atoms with Crippen molar-refractivity contribution in [3.8, 4) is 17.2 Å². The molecule has 4 aromatic rings. The van der Waals surface area contributed by atoms with Gasteiger partial charge in [-0.3, -0.25) is 4.98 Å². The van der Waals surface area contributed by atoms with Crippen LogP contribution in [0.5, 0.6) is 11.5 Å². The van der Waals surface area contributed by atoms with Crippen molar-refractivity contribution < 1.29 is 31.1 Å². The molecular formula is C22H19F3N4O4S. The molecule has 0 aliphatic rings. The molecule has 0 radical (unpaired) electrons. The van der Waals surface area contributed by atoms with Gasteiger partial charge in [0.05, 0.1) is 22.7 Å². The fourth-order valence-corrected chi connectivity index (χ4v) is 4.67. The monoisotopic (exact) mass is 492 g/mol. The van der Waals surface area contributed by atoms with E-state index in [1.165, 1.54) is 30.9 Å². The van der Waals surface area contributed by atoms with E-state index in [0.717, 1.165) is 35.9 Å². The smallest absolute Gasteiger partial charge is 0.494 e. The van der Waals surface area contributed by atoms with Crippen LogP contribution in [-0.4, -0.2) is 41.1 Å². The molecule has 4 rings (SSSR count). The maximum absolute atomic E-state index is 13.5. The van der Waals surface area contributed by atoms with Crippen molar-refractivity contribution in [2.45, 2.75) is 35.9 Å². The SMILES string of the molecule is CCCCOc1ccc(S(=O)(=O)c2cnc3ccc(OC(F)(F)F)cc3c2-n2cncn2)cc1. The summed E-state index contributed by atoms with van der Waals surface area (Å²) in [6.07, 6.45) is 0.479. The van der Waals surface area contributed by atoms with E-state index >= 15 is 0 Å². The summed E-state index contributed by atoms with van der Waals surface area (Å²) in [7, 11) is -4.15. The van der Waals surface area contributed by atoms with Gasteiger partial charge in [0.15, 0.2) is 0 Å². The zero-order chi connectivity index (χ0) is 24.3. The second-order valence-corrected chi connectivity index (χ2v) is 9.13. The van der Waals surface area contributed by atoms with Gasteiger partial charge < -0.3 is 9.47 Å². The third kappa shape index (κ3) is 4.96. The van der Waals surface area contributed by atoms with Crippen LogP contribution in [0.3, 0.4) is 0 Å². The Morgan fingerprint density at radius 2 is 1.79 bits per heavy atom. The van der Waals surface area contributed by atoms with Crippen molar-refractivity contribution >= 4 is 20.7 Å². The van der Waals surface area contributed by atoms with Crippen molar-refractivity contribution in [3.63, 3.8) is 0 Å². The van der Waals surface area contributed by atoms with E-state index in [9.17, 15) is 21.6 Å². The van der Waals surface area contributed by atoms with E-state index in [4.69, 9.17) is 4.74 Å². The predicted molar refractivity (Wildman–Crippen MR) is 116 cm³/mol. The second kappa shape index (κ2) is 9.29. The molecule has 2 aromatic carbocycles. The highest BCUT2D eigenvalue weighted by molar-refractivity contribution is 7.91. The van der Waals surface area contributed by atoms with Gasteiger partial charge in [-0.1, -0.05) is 13.3 Å². The molecule has 178 valence electrons. The van der Waals surface area contributed by atoms with Gasteiger partial charge in [-0.2, -0.15) is 5.10 Å². The molecule has 0 fully saturated rings. The fraction of sp³-hybridized carbons (Fsp3) is 0.227. The van der Waals surface area contributed by atoms with Crippen LogP contribution in [0.4, 0.5) is 13.2 Å². The van der Waals surface area contributed by atoms with Gasteiger partial charge in [-0.15, -0.1) is 13.2 Å². The minimum atomic E-state index is -4.92. The van der Waals surface area contributed by atoms with Crippen molar-refractivity contribution in [1.29, 1.82) is 0 Å². The van der Waals surface area contributed by atoms with Crippen LogP contribution in [0.2, 0.25) is 0 Å². The van der Waals surface area contributed by atoms with Gasteiger partial charge in [-0.25, -0.2) is 18.1 Å². The first-order chi connectivity index (χ1) is 16.2. The third-order valence-corrected chi connectivity index (χ3v) is 6.62. The van der Waals surface area contributed by atoms with Gasteiger partial charge >= 0.3 is 6.36 Å². The number of benzene rings is 2. The Bertz CT molecular complexity index is 1390. The molecular weight excluding hydrogens is 473 g/mol. The largest absolute Gasteiger partial charge is 0.573 e. The number of hydrogen-bond acceptors (Lipinski definition) is 7. The Balaban J connectivity index is 1.83. The average molecular weight is 492 g/mol. The Morgan fingerprint density at radius 3 is 2.44 bits per heavy atom. The highest BCUT2D eigenvalue weighted by atomic mass is 32.2. The molecule has 12 heteroatoms. The molecule has 0 aliphatic heterocycles. The summed E-state index contributed by atoms with van der Waals surface area (Å²) in [5.41, 5.74) is 0.247. The number of hydrogen-bond donors (Lipinski definition) is 0. The summed E-state index contributed by atoms with van der Waals surface area (Å²) in [4.78, 5) is 7.69. The second-order valence-electron chi connectivity index (χ2n) is 7.21. The van der Waals surface area contributed by atoms with E-state index in [1.807, 2.05) is 6.92 Å². The molecule has 0 spiro atoms. The number of alkyl halides is 3. The Kier molecular flexibility index (Phi) is 6.42. The van der Waals surface area contributed by atoms with E-state index in [-0.39, 0.29) is 26.4 Å². The van der Waals surface area contributed by atoms with Gasteiger partial charge in [0.1, 0.15) is 29.0 Å². The van der Waals surface area contributed by atoms with E-state index in [2.05, 4.69) is 19.8 Å². The van der Waals surface area contributed by atoms with Gasteiger partial charge in [0.2, 0.25) is 9.84 Å². The summed E-state index contributed by atoms with van der Waals surface area (Å²) in [5.74, 6) is 0.000714. The van der Waals surface area contributed by atoms with Crippen LogP contribution in [0, 0.1) is 0 Å². The van der Waals surface area contributed by atoms with Gasteiger partial charge in [0, 0.05) is 11.6 Å². The summed E-state index contributed by atoms with van der Waals surface area (Å²) in [5, 5.41) is 4.09. The van der Waals surface area contributed by atoms with Crippen LogP contribution in [0.25, 0.3) is 16.6 Å². The summed E-state index contributed by atoms with van der Waals surface area (Å²) < 4.78 is 76.1. The van der Waals surface area contributed by atoms with Crippen molar-refractivity contribution in [1.82, 2.24) is 19.7 Å². The van der Waals surface area contributed by atoms with Crippen LogP contribution in [-0.2, 0) is 9.84 Å². The van der Waals surface area contributed by atoms with Crippen LogP contribution >= 0.6 is 0 Å². The molecule has 8 nitrogen and oxygen atoms in total. The van der Waals surface area contributed by atoms with Crippen molar-refractivity contribution in [2.24, 2.45) is 0 Å². The first-order valence-corrected chi connectivity index (χ1v) is 11.7. The Morgan fingerprint density at radius 1 is 1.06 bits per heavy atom. The number of fused-ring (bicyclic) bond motifs is 1. The van der Waals surface area contributed by atoms with E-state index in [0.29, 0.717) is 12.4 Å². The van der Waals surface area contributed by atoms with Crippen molar-refractivity contribution in [3.05, 3.63) is 61.3 Å². The van der Waals surface area contributed by atoms with E-state index < -0.39 is 21.9 Å². The summed E-state index contributed by atoms with van der Waals surface area (Å²) in [6.45, 7) is 2.54.